The number of thioether (sulfide) groups is 1. The summed E-state index contributed by atoms with van der Waals surface area (Å²) in [7, 11) is 3.21. The Morgan fingerprint density at radius 3 is 2.54 bits per heavy atom. The van der Waals surface area contributed by atoms with Gasteiger partial charge >= 0.3 is 0 Å². The predicted octanol–water partition coefficient (Wildman–Crippen LogP) is 4.96. The van der Waals surface area contributed by atoms with E-state index < -0.39 is 0 Å². The summed E-state index contributed by atoms with van der Waals surface area (Å²) >= 11 is 4.70. The largest absolute Gasteiger partial charge is 0.497 e. The summed E-state index contributed by atoms with van der Waals surface area (Å²) in [5.74, 6) is 1.92. The Balaban J connectivity index is 1.49. The van der Waals surface area contributed by atoms with E-state index >= 15 is 0 Å². The Hall–Kier alpha value is -3.63. The monoisotopic (exact) mass is 551 g/mol. The molecule has 178 valence electrons. The fourth-order valence-electron chi connectivity index (χ4n) is 3.24. The minimum absolute atomic E-state index is 0.112. The average molecular weight is 552 g/mol. The van der Waals surface area contributed by atoms with Crippen molar-refractivity contribution in [2.75, 3.05) is 20.0 Å². The Labute approximate surface area is 215 Å². The summed E-state index contributed by atoms with van der Waals surface area (Å²) in [6.45, 7) is 0. The van der Waals surface area contributed by atoms with Gasteiger partial charge in [0.2, 0.25) is 0 Å². The molecule has 0 radical (unpaired) electrons. The van der Waals surface area contributed by atoms with Gasteiger partial charge in [0, 0.05) is 21.3 Å². The first kappa shape index (κ1) is 24.5. The van der Waals surface area contributed by atoms with Gasteiger partial charge in [0.1, 0.15) is 11.5 Å². The number of rotatable bonds is 9. The Kier molecular flexibility index (Phi) is 8.17. The molecule has 0 aliphatic carbocycles. The highest BCUT2D eigenvalue weighted by Gasteiger charge is 2.17. The lowest BCUT2D eigenvalue weighted by Crippen LogP contribution is -2.20. The third kappa shape index (κ3) is 6.09. The average Bonchev–Trinajstić information content (AvgIpc) is 3.32. The van der Waals surface area contributed by atoms with Gasteiger partial charge in [-0.25, -0.2) is 5.43 Å². The zero-order chi connectivity index (χ0) is 24.6. The molecule has 1 N–H and O–H groups in total. The van der Waals surface area contributed by atoms with Crippen molar-refractivity contribution in [3.8, 4) is 28.6 Å². The summed E-state index contributed by atoms with van der Waals surface area (Å²) in [6.07, 6.45) is 1.54. The number of hydrogen-bond acceptors (Lipinski definition) is 7. The van der Waals surface area contributed by atoms with Gasteiger partial charge in [0.25, 0.3) is 5.91 Å². The van der Waals surface area contributed by atoms with Crippen LogP contribution in [0.2, 0.25) is 0 Å². The minimum atomic E-state index is -0.270. The molecule has 10 heteroatoms. The number of methoxy groups -OCH3 is 2. The lowest BCUT2D eigenvalue weighted by molar-refractivity contribution is -0.118. The van der Waals surface area contributed by atoms with Gasteiger partial charge in [-0.3, -0.25) is 9.36 Å². The molecular weight excluding hydrogens is 530 g/mol. The number of ether oxygens (including phenoxy) is 2. The van der Waals surface area contributed by atoms with Gasteiger partial charge in [0.05, 0.1) is 26.2 Å². The number of amides is 1. The van der Waals surface area contributed by atoms with Crippen LogP contribution in [0.3, 0.4) is 0 Å². The highest BCUT2D eigenvalue weighted by molar-refractivity contribution is 9.10. The number of hydrogen-bond donors (Lipinski definition) is 1. The molecule has 0 saturated heterocycles. The number of benzene rings is 3. The van der Waals surface area contributed by atoms with Gasteiger partial charge in [-0.15, -0.1) is 10.2 Å². The summed E-state index contributed by atoms with van der Waals surface area (Å²) in [6, 6.07) is 22.9. The van der Waals surface area contributed by atoms with Crippen LogP contribution in [0.1, 0.15) is 5.56 Å². The molecule has 0 aliphatic heterocycles. The molecule has 3 aromatic carbocycles. The van der Waals surface area contributed by atoms with Crippen LogP contribution >= 0.6 is 27.7 Å². The second kappa shape index (κ2) is 11.7. The summed E-state index contributed by atoms with van der Waals surface area (Å²) < 4.78 is 13.4. The number of para-hydroxylation sites is 1. The first-order valence-electron chi connectivity index (χ1n) is 10.5. The Morgan fingerprint density at radius 2 is 1.83 bits per heavy atom. The smallest absolute Gasteiger partial charge is 0.250 e. The lowest BCUT2D eigenvalue weighted by atomic mass is 10.2. The van der Waals surface area contributed by atoms with E-state index in [0.717, 1.165) is 27.0 Å². The van der Waals surface area contributed by atoms with Crippen molar-refractivity contribution in [3.05, 3.63) is 82.8 Å². The first-order valence-corrected chi connectivity index (χ1v) is 12.3. The van der Waals surface area contributed by atoms with E-state index in [2.05, 4.69) is 36.7 Å². The van der Waals surface area contributed by atoms with Crippen molar-refractivity contribution in [3.63, 3.8) is 0 Å². The Bertz CT molecular complexity index is 1330. The highest BCUT2D eigenvalue weighted by atomic mass is 79.9. The fraction of sp³-hybridized carbons (Fsp3) is 0.120. The molecule has 0 spiro atoms. The van der Waals surface area contributed by atoms with Gasteiger partial charge in [-0.05, 0) is 54.6 Å². The second-order valence-electron chi connectivity index (χ2n) is 7.17. The van der Waals surface area contributed by atoms with Gasteiger partial charge in [-0.2, -0.15) is 5.10 Å². The van der Waals surface area contributed by atoms with Crippen LogP contribution in [0.15, 0.2) is 87.5 Å². The number of halogens is 1. The zero-order valence-electron chi connectivity index (χ0n) is 19.0. The summed E-state index contributed by atoms with van der Waals surface area (Å²) in [5.41, 5.74) is 5.06. The minimum Gasteiger partial charge on any atom is -0.497 e. The molecule has 8 nitrogen and oxygen atoms in total. The number of aromatic nitrogens is 3. The molecule has 0 fully saturated rings. The molecule has 0 atom stereocenters. The SMILES string of the molecule is COc1ccc(-c2nnc(SCC(=O)N/N=C\c3cc(Br)ccc3OC)n2-c2ccccc2)cc1. The molecule has 1 amide bonds. The second-order valence-corrected chi connectivity index (χ2v) is 9.03. The third-order valence-corrected chi connectivity index (χ3v) is 6.34. The van der Waals surface area contributed by atoms with E-state index in [-0.39, 0.29) is 11.7 Å². The van der Waals surface area contributed by atoms with Crippen molar-refractivity contribution in [2.45, 2.75) is 5.16 Å². The molecule has 1 heterocycles. The quantitative estimate of drug-likeness (QED) is 0.180. The third-order valence-electron chi connectivity index (χ3n) is 4.91. The Morgan fingerprint density at radius 1 is 1.06 bits per heavy atom. The van der Waals surface area contributed by atoms with E-state index in [0.29, 0.717) is 16.7 Å². The van der Waals surface area contributed by atoms with Gasteiger partial charge in [-0.1, -0.05) is 45.9 Å². The van der Waals surface area contributed by atoms with E-state index in [1.807, 2.05) is 77.4 Å². The molecule has 0 saturated carbocycles. The molecule has 4 aromatic rings. The van der Waals surface area contributed by atoms with Crippen molar-refractivity contribution in [1.82, 2.24) is 20.2 Å². The predicted molar refractivity (Wildman–Crippen MR) is 141 cm³/mol. The molecular formula is C25H22BrN5O3S. The van der Waals surface area contributed by atoms with Crippen LogP contribution in [0.25, 0.3) is 17.1 Å². The van der Waals surface area contributed by atoms with Crippen LogP contribution in [-0.4, -0.2) is 46.9 Å². The fourth-order valence-corrected chi connectivity index (χ4v) is 4.37. The lowest BCUT2D eigenvalue weighted by Gasteiger charge is -2.10. The van der Waals surface area contributed by atoms with Crippen molar-refractivity contribution < 1.29 is 14.3 Å². The zero-order valence-corrected chi connectivity index (χ0v) is 21.4. The summed E-state index contributed by atoms with van der Waals surface area (Å²) in [5, 5.41) is 13.4. The number of nitrogens with one attached hydrogen (secondary N) is 1. The molecule has 35 heavy (non-hydrogen) atoms. The van der Waals surface area contributed by atoms with Gasteiger partial charge < -0.3 is 9.47 Å². The van der Waals surface area contributed by atoms with Crippen LogP contribution in [0.5, 0.6) is 11.5 Å². The topological polar surface area (TPSA) is 90.6 Å². The maximum Gasteiger partial charge on any atom is 0.250 e. The van der Waals surface area contributed by atoms with Gasteiger partial charge in [0.15, 0.2) is 11.0 Å². The molecule has 0 bridgehead atoms. The number of carbonyl (C=O) groups excluding carboxylic acids is 1. The van der Waals surface area contributed by atoms with E-state index in [9.17, 15) is 4.79 Å². The van der Waals surface area contributed by atoms with Crippen LogP contribution < -0.4 is 14.9 Å². The molecule has 4 rings (SSSR count). The molecule has 0 unspecified atom stereocenters. The number of nitrogens with zero attached hydrogens (tertiary/aromatic N) is 4. The first-order chi connectivity index (χ1) is 17.1. The molecule has 0 aliphatic rings. The maximum atomic E-state index is 12.5. The standard InChI is InChI=1S/C25H22BrN5O3S/c1-33-21-11-8-17(9-12-21)24-29-30-25(31(24)20-6-4-3-5-7-20)35-16-23(32)28-27-15-18-14-19(26)10-13-22(18)34-2/h3-15H,16H2,1-2H3,(H,28,32)/b27-15-. The number of carbonyl (C=O) groups is 1. The van der Waals surface area contributed by atoms with E-state index in [1.54, 1.807) is 20.4 Å². The van der Waals surface area contributed by atoms with Crippen LogP contribution in [0, 0.1) is 0 Å². The van der Waals surface area contributed by atoms with E-state index in [4.69, 9.17) is 9.47 Å². The molecule has 1 aromatic heterocycles. The number of hydrazone groups is 1. The van der Waals surface area contributed by atoms with E-state index in [1.165, 1.54) is 11.8 Å². The van der Waals surface area contributed by atoms with Crippen LogP contribution in [0.4, 0.5) is 0 Å². The maximum absolute atomic E-state index is 12.5. The van der Waals surface area contributed by atoms with Crippen molar-refractivity contribution >= 4 is 39.8 Å². The summed E-state index contributed by atoms with van der Waals surface area (Å²) in [4.78, 5) is 12.5. The van der Waals surface area contributed by atoms with Crippen LogP contribution in [-0.2, 0) is 4.79 Å². The van der Waals surface area contributed by atoms with Crippen molar-refractivity contribution in [1.29, 1.82) is 0 Å². The normalized spacial score (nSPS) is 10.9. The highest BCUT2D eigenvalue weighted by Crippen LogP contribution is 2.29. The van der Waals surface area contributed by atoms with Crippen molar-refractivity contribution in [2.24, 2.45) is 5.10 Å².